The van der Waals surface area contributed by atoms with Crippen molar-refractivity contribution >= 4 is 11.7 Å². The predicted octanol–water partition coefficient (Wildman–Crippen LogP) is 2.29. The summed E-state index contributed by atoms with van der Waals surface area (Å²) >= 11 is 0. The number of nitrogens with two attached hydrogens (primary N) is 1. The fourth-order valence-corrected chi connectivity index (χ4v) is 2.15. The molecule has 5 nitrogen and oxygen atoms in total. The third-order valence-corrected chi connectivity index (χ3v) is 3.16. The molecule has 22 heavy (non-hydrogen) atoms. The molecule has 1 aromatic carbocycles. The minimum atomic E-state index is -0.796. The van der Waals surface area contributed by atoms with E-state index in [0.29, 0.717) is 6.42 Å². The van der Waals surface area contributed by atoms with Crippen LogP contribution in [0.4, 0.5) is 5.69 Å². The van der Waals surface area contributed by atoms with Crippen LogP contribution in [-0.2, 0) is 16.0 Å². The third-order valence-electron chi connectivity index (χ3n) is 3.16. The molecule has 0 aliphatic heterocycles. The van der Waals surface area contributed by atoms with E-state index in [1.807, 2.05) is 30.3 Å². The number of allylic oxidation sites excluding steroid dienone is 1. The summed E-state index contributed by atoms with van der Waals surface area (Å²) in [6.07, 6.45) is 1.86. The number of anilines is 1. The largest absolute Gasteiger partial charge is 0.430 e. The molecule has 0 saturated heterocycles. The van der Waals surface area contributed by atoms with Crippen LogP contribution in [0, 0.1) is 0 Å². The van der Waals surface area contributed by atoms with Gasteiger partial charge in [0.15, 0.2) is 0 Å². The Hall–Kier alpha value is -2.82. The first-order valence-electron chi connectivity index (χ1n) is 6.87. The molecule has 1 heterocycles. The van der Waals surface area contributed by atoms with E-state index >= 15 is 0 Å². The lowest BCUT2D eigenvalue weighted by molar-refractivity contribution is -0.143. The van der Waals surface area contributed by atoms with Gasteiger partial charge in [0.25, 0.3) is 5.56 Å². The summed E-state index contributed by atoms with van der Waals surface area (Å²) in [4.78, 5) is 24.5. The Morgan fingerprint density at radius 3 is 2.59 bits per heavy atom. The molecule has 0 radical (unpaired) electrons. The predicted molar refractivity (Wildman–Crippen MR) is 85.2 cm³/mol. The summed E-state index contributed by atoms with van der Waals surface area (Å²) in [5, 5.41) is 0. The van der Waals surface area contributed by atoms with Crippen LogP contribution in [-0.4, -0.2) is 10.5 Å². The maximum Gasteiger partial charge on any atom is 0.334 e. The first kappa shape index (κ1) is 15.6. The Bertz CT molecular complexity index is 735. The zero-order valence-corrected chi connectivity index (χ0v) is 12.4. The first-order valence-corrected chi connectivity index (χ1v) is 6.87. The van der Waals surface area contributed by atoms with E-state index in [9.17, 15) is 9.59 Å². The Morgan fingerprint density at radius 1 is 1.27 bits per heavy atom. The van der Waals surface area contributed by atoms with E-state index in [2.05, 4.69) is 6.58 Å². The second kappa shape index (κ2) is 6.76. The number of rotatable bonds is 5. The molecular formula is C17H18N2O3. The molecule has 0 bridgehead atoms. The van der Waals surface area contributed by atoms with Gasteiger partial charge in [-0.15, -0.1) is 0 Å². The highest BCUT2D eigenvalue weighted by Gasteiger charge is 2.24. The maximum atomic E-state index is 12.3. The molecule has 0 fully saturated rings. The van der Waals surface area contributed by atoms with Crippen LogP contribution in [0.2, 0.25) is 0 Å². The average molecular weight is 298 g/mol. The molecule has 0 saturated carbocycles. The zero-order chi connectivity index (χ0) is 16.1. The van der Waals surface area contributed by atoms with Crippen molar-refractivity contribution in [3.63, 3.8) is 0 Å². The van der Waals surface area contributed by atoms with Gasteiger partial charge in [-0.3, -0.25) is 9.36 Å². The Morgan fingerprint density at radius 2 is 1.95 bits per heavy atom. The second-order valence-corrected chi connectivity index (χ2v) is 5.00. The highest BCUT2D eigenvalue weighted by Crippen LogP contribution is 2.16. The lowest BCUT2D eigenvalue weighted by Crippen LogP contribution is -2.33. The van der Waals surface area contributed by atoms with Crippen LogP contribution < -0.4 is 11.3 Å². The molecule has 2 N–H and O–H groups in total. The quantitative estimate of drug-likeness (QED) is 0.679. The summed E-state index contributed by atoms with van der Waals surface area (Å²) in [5.74, 6) is -0.260. The average Bonchev–Trinajstić information content (AvgIpc) is 2.48. The van der Waals surface area contributed by atoms with Crippen molar-refractivity contribution in [2.24, 2.45) is 0 Å². The number of hydrogen-bond acceptors (Lipinski definition) is 4. The minimum absolute atomic E-state index is 0.0867. The van der Waals surface area contributed by atoms with Crippen LogP contribution in [0.25, 0.3) is 0 Å². The monoisotopic (exact) mass is 298 g/mol. The van der Waals surface area contributed by atoms with E-state index in [0.717, 1.165) is 5.56 Å². The van der Waals surface area contributed by atoms with Gasteiger partial charge in [-0.2, -0.15) is 0 Å². The highest BCUT2D eigenvalue weighted by atomic mass is 16.5. The first-order chi connectivity index (χ1) is 10.5. The lowest BCUT2D eigenvalue weighted by Gasteiger charge is -2.19. The molecule has 0 spiro atoms. The van der Waals surface area contributed by atoms with Gasteiger partial charge in [0, 0.05) is 12.6 Å². The fraction of sp³-hybridized carbons (Fsp3) is 0.176. The van der Waals surface area contributed by atoms with E-state index < -0.39 is 17.6 Å². The molecular weight excluding hydrogens is 280 g/mol. The summed E-state index contributed by atoms with van der Waals surface area (Å²) < 4.78 is 6.40. The van der Waals surface area contributed by atoms with E-state index in [-0.39, 0.29) is 11.4 Å². The number of carbonyl (C=O) groups excluding carboxylic acids is 1. The normalized spacial score (nSPS) is 11.7. The Labute approximate surface area is 128 Å². The van der Waals surface area contributed by atoms with Crippen LogP contribution in [0.15, 0.2) is 65.8 Å². The summed E-state index contributed by atoms with van der Waals surface area (Å²) in [6, 6.07) is 11.7. The molecule has 0 unspecified atom stereocenters. The van der Waals surface area contributed by atoms with E-state index in [1.54, 1.807) is 13.0 Å². The molecule has 114 valence electrons. The number of carbonyl (C=O) groups is 1. The van der Waals surface area contributed by atoms with Crippen LogP contribution in [0.1, 0.15) is 18.5 Å². The molecule has 2 aromatic rings. The van der Waals surface area contributed by atoms with E-state index in [4.69, 9.17) is 10.5 Å². The van der Waals surface area contributed by atoms with Crippen LogP contribution in [0.3, 0.4) is 0 Å². The lowest BCUT2D eigenvalue weighted by atomic mass is 10.1. The molecule has 0 aliphatic carbocycles. The standard InChI is InChI=1S/C17H18N2O3/c1-12(2)22-17(21)15(11-13-7-4-3-5-8-13)19-10-6-9-14(18)16(19)20/h3-10,15H,1,11,18H2,2H3/t15-/m0/s1. The molecule has 5 heteroatoms. The number of hydrogen-bond donors (Lipinski definition) is 1. The summed E-state index contributed by atoms with van der Waals surface area (Å²) in [6.45, 7) is 5.15. The van der Waals surface area contributed by atoms with Crippen molar-refractivity contribution in [2.75, 3.05) is 5.73 Å². The number of esters is 1. The maximum absolute atomic E-state index is 12.3. The van der Waals surface area contributed by atoms with Crippen molar-refractivity contribution in [3.05, 3.63) is 76.9 Å². The molecule has 0 aliphatic rings. The van der Waals surface area contributed by atoms with Gasteiger partial charge in [0.1, 0.15) is 6.04 Å². The number of nitrogen functional groups attached to an aromatic ring is 1. The number of ether oxygens (including phenoxy) is 1. The number of pyridine rings is 1. The van der Waals surface area contributed by atoms with Gasteiger partial charge < -0.3 is 10.5 Å². The van der Waals surface area contributed by atoms with Gasteiger partial charge >= 0.3 is 5.97 Å². The van der Waals surface area contributed by atoms with Gasteiger partial charge in [0.05, 0.1) is 11.4 Å². The van der Waals surface area contributed by atoms with Crippen molar-refractivity contribution in [3.8, 4) is 0 Å². The SMILES string of the molecule is C=C(C)OC(=O)[C@H](Cc1ccccc1)n1cccc(N)c1=O. The zero-order valence-electron chi connectivity index (χ0n) is 12.4. The topological polar surface area (TPSA) is 74.3 Å². The Kier molecular flexibility index (Phi) is 4.78. The third kappa shape index (κ3) is 3.63. The van der Waals surface area contributed by atoms with Crippen molar-refractivity contribution in [1.82, 2.24) is 4.57 Å². The second-order valence-electron chi connectivity index (χ2n) is 5.00. The van der Waals surface area contributed by atoms with Crippen LogP contribution in [0.5, 0.6) is 0 Å². The smallest absolute Gasteiger partial charge is 0.334 e. The van der Waals surface area contributed by atoms with E-state index in [1.165, 1.54) is 16.8 Å². The van der Waals surface area contributed by atoms with Gasteiger partial charge in [-0.1, -0.05) is 36.9 Å². The van der Waals surface area contributed by atoms with Gasteiger partial charge in [-0.25, -0.2) is 4.79 Å². The fourth-order valence-electron chi connectivity index (χ4n) is 2.15. The Balaban J connectivity index is 2.41. The van der Waals surface area contributed by atoms with Gasteiger partial charge in [-0.05, 0) is 24.6 Å². The van der Waals surface area contributed by atoms with Crippen LogP contribution >= 0.6 is 0 Å². The number of nitrogens with zero attached hydrogens (tertiary/aromatic N) is 1. The van der Waals surface area contributed by atoms with Crippen molar-refractivity contribution in [1.29, 1.82) is 0 Å². The van der Waals surface area contributed by atoms with Gasteiger partial charge in [0.2, 0.25) is 0 Å². The summed E-state index contributed by atoms with van der Waals surface area (Å²) in [7, 11) is 0. The molecule has 1 atom stereocenters. The summed E-state index contributed by atoms with van der Waals surface area (Å²) in [5.41, 5.74) is 6.24. The molecule has 1 aromatic heterocycles. The molecule has 0 amide bonds. The highest BCUT2D eigenvalue weighted by molar-refractivity contribution is 5.75. The van der Waals surface area contributed by atoms with Crippen molar-refractivity contribution < 1.29 is 9.53 Å². The number of benzene rings is 1. The minimum Gasteiger partial charge on any atom is -0.430 e. The molecule has 2 rings (SSSR count). The number of aromatic nitrogens is 1. The van der Waals surface area contributed by atoms with Crippen molar-refractivity contribution in [2.45, 2.75) is 19.4 Å².